The van der Waals surface area contributed by atoms with Crippen molar-refractivity contribution in [2.75, 3.05) is 0 Å². The molecule has 3 aromatic carbocycles. The predicted molar refractivity (Wildman–Crippen MR) is 144 cm³/mol. The van der Waals surface area contributed by atoms with Gasteiger partial charge in [0, 0.05) is 22.6 Å². The molecule has 3 aromatic rings. The smallest absolute Gasteiger partial charge is 0.326 e. The fourth-order valence-electron chi connectivity index (χ4n) is 3.21. The van der Waals surface area contributed by atoms with Crippen molar-refractivity contribution in [1.29, 1.82) is 0 Å². The molecular formula is C27H24ClNO5S2. The molecule has 0 bridgehead atoms. The summed E-state index contributed by atoms with van der Waals surface area (Å²) in [6.45, 7) is 1.58. The molecule has 0 aromatic heterocycles. The Bertz CT molecular complexity index is 1150. The minimum Gasteiger partial charge on any atom is -0.480 e. The fraction of sp³-hybridized carbons (Fsp3) is 0.185. The monoisotopic (exact) mass is 541 g/mol. The minimum absolute atomic E-state index is 0.0573. The number of rotatable bonds is 10. The molecular weight excluding hydrogens is 518 g/mol. The van der Waals surface area contributed by atoms with Gasteiger partial charge in [0.1, 0.15) is 6.04 Å². The van der Waals surface area contributed by atoms with Crippen LogP contribution in [0.25, 0.3) is 0 Å². The third-order valence-corrected chi connectivity index (χ3v) is 8.26. The van der Waals surface area contributed by atoms with Crippen LogP contribution in [0.15, 0.2) is 84.9 Å². The first-order valence-corrected chi connectivity index (χ1v) is 13.2. The Labute approximate surface area is 222 Å². The van der Waals surface area contributed by atoms with Gasteiger partial charge in [-0.1, -0.05) is 115 Å². The van der Waals surface area contributed by atoms with E-state index in [1.165, 1.54) is 0 Å². The van der Waals surface area contributed by atoms with E-state index in [1.807, 2.05) is 0 Å². The van der Waals surface area contributed by atoms with E-state index in [4.69, 9.17) is 11.6 Å². The van der Waals surface area contributed by atoms with Gasteiger partial charge in [-0.3, -0.25) is 14.4 Å². The molecule has 0 aliphatic heterocycles. The molecule has 0 aliphatic rings. The molecule has 1 unspecified atom stereocenters. The first-order valence-electron chi connectivity index (χ1n) is 11.0. The van der Waals surface area contributed by atoms with Gasteiger partial charge in [-0.15, -0.1) is 0 Å². The topological polar surface area (TPSA) is 101 Å². The molecule has 0 saturated carbocycles. The van der Waals surface area contributed by atoms with Gasteiger partial charge >= 0.3 is 5.97 Å². The van der Waals surface area contributed by atoms with Crippen LogP contribution in [0.3, 0.4) is 0 Å². The number of hydrogen-bond acceptors (Lipinski definition) is 6. The second kappa shape index (κ2) is 13.3. The van der Waals surface area contributed by atoms with E-state index >= 15 is 0 Å². The van der Waals surface area contributed by atoms with Gasteiger partial charge in [0.05, 0.1) is 10.5 Å². The van der Waals surface area contributed by atoms with E-state index in [-0.39, 0.29) is 16.7 Å². The number of carboxylic acid groups (broad SMARTS) is 1. The molecule has 1 amide bonds. The average molecular weight is 542 g/mol. The lowest BCUT2D eigenvalue weighted by Gasteiger charge is -2.23. The van der Waals surface area contributed by atoms with Crippen molar-refractivity contribution in [3.05, 3.63) is 107 Å². The fourth-order valence-corrected chi connectivity index (χ4v) is 5.67. The van der Waals surface area contributed by atoms with E-state index in [0.29, 0.717) is 21.7 Å². The van der Waals surface area contributed by atoms with Crippen LogP contribution >= 0.6 is 35.1 Å². The summed E-state index contributed by atoms with van der Waals surface area (Å²) < 4.78 is -0.782. The van der Waals surface area contributed by atoms with Gasteiger partial charge < -0.3 is 10.4 Å². The molecule has 0 aliphatic carbocycles. The van der Waals surface area contributed by atoms with Crippen LogP contribution in [0.1, 0.15) is 33.2 Å². The van der Waals surface area contributed by atoms with Gasteiger partial charge in [-0.25, -0.2) is 4.79 Å². The van der Waals surface area contributed by atoms with Crippen LogP contribution in [0, 0.1) is 5.92 Å². The number of benzene rings is 3. The van der Waals surface area contributed by atoms with Crippen molar-refractivity contribution in [1.82, 2.24) is 5.32 Å². The van der Waals surface area contributed by atoms with E-state index in [1.54, 1.807) is 91.9 Å². The standard InChI is InChI=1S/C27H24ClNO5S2/c1-17(23(30)29-22(24(31)32)16-18-12-14-21(28)15-13-18)27(35-25(33)19-8-4-2-5-9-19)36-26(34)20-10-6-3-7-11-20/h2-15,17,22,27H,16H2,1H3,(H,29,30)(H,31,32)/t17?,22-/m0/s1. The van der Waals surface area contributed by atoms with Crippen molar-refractivity contribution in [3.63, 3.8) is 0 Å². The number of aliphatic carboxylic acids is 1. The number of carbonyl (C=O) groups is 4. The Morgan fingerprint density at radius 2 is 1.28 bits per heavy atom. The molecule has 9 heteroatoms. The highest BCUT2D eigenvalue weighted by Crippen LogP contribution is 2.35. The Morgan fingerprint density at radius 1 is 0.806 bits per heavy atom. The highest BCUT2D eigenvalue weighted by molar-refractivity contribution is 8.30. The molecule has 36 heavy (non-hydrogen) atoms. The van der Waals surface area contributed by atoms with E-state index in [2.05, 4.69) is 5.32 Å². The molecule has 0 fully saturated rings. The number of amides is 1. The number of thioether (sulfide) groups is 2. The normalized spacial score (nSPS) is 12.5. The lowest BCUT2D eigenvalue weighted by atomic mass is 10.1. The van der Waals surface area contributed by atoms with Crippen molar-refractivity contribution >= 4 is 57.2 Å². The van der Waals surface area contributed by atoms with Crippen molar-refractivity contribution in [2.24, 2.45) is 5.92 Å². The Morgan fingerprint density at radius 3 is 1.72 bits per heavy atom. The predicted octanol–water partition coefficient (Wildman–Crippen LogP) is 5.56. The van der Waals surface area contributed by atoms with Gasteiger partial charge in [-0.2, -0.15) is 0 Å². The summed E-state index contributed by atoms with van der Waals surface area (Å²) in [4.78, 5) is 50.8. The number of hydrogen-bond donors (Lipinski definition) is 2. The van der Waals surface area contributed by atoms with Gasteiger partial charge in [0.15, 0.2) is 0 Å². The van der Waals surface area contributed by atoms with E-state index in [0.717, 1.165) is 23.5 Å². The number of carbonyl (C=O) groups excluding carboxylic acids is 3. The van der Waals surface area contributed by atoms with Crippen LogP contribution in [0.5, 0.6) is 0 Å². The zero-order chi connectivity index (χ0) is 26.1. The maximum atomic E-state index is 13.1. The second-order valence-corrected chi connectivity index (χ2v) is 10.9. The summed E-state index contributed by atoms with van der Waals surface area (Å²) in [6.07, 6.45) is 0.0573. The lowest BCUT2D eigenvalue weighted by molar-refractivity contribution is -0.142. The number of halogens is 1. The SMILES string of the molecule is CC(C(=O)N[C@@H](Cc1ccc(Cl)cc1)C(=O)O)C(SC(=O)c1ccccc1)SC(=O)c1ccccc1. The zero-order valence-corrected chi connectivity index (χ0v) is 21.7. The average Bonchev–Trinajstić information content (AvgIpc) is 2.89. The highest BCUT2D eigenvalue weighted by Gasteiger charge is 2.33. The molecule has 6 nitrogen and oxygen atoms in total. The van der Waals surface area contributed by atoms with Crippen molar-refractivity contribution in [3.8, 4) is 0 Å². The molecule has 186 valence electrons. The molecule has 0 radical (unpaired) electrons. The summed E-state index contributed by atoms with van der Waals surface area (Å²) in [6, 6.07) is 22.6. The van der Waals surface area contributed by atoms with Crippen LogP contribution in [0.4, 0.5) is 0 Å². The van der Waals surface area contributed by atoms with Gasteiger partial charge in [0.2, 0.25) is 16.1 Å². The quantitative estimate of drug-likeness (QED) is 0.324. The maximum Gasteiger partial charge on any atom is 0.326 e. The molecule has 3 rings (SSSR count). The molecule has 2 atom stereocenters. The molecule has 0 spiro atoms. The van der Waals surface area contributed by atoms with Crippen LogP contribution < -0.4 is 5.32 Å². The summed E-state index contributed by atoms with van der Waals surface area (Å²) in [7, 11) is 0. The van der Waals surface area contributed by atoms with Crippen LogP contribution in [-0.2, 0) is 16.0 Å². The zero-order valence-electron chi connectivity index (χ0n) is 19.3. The first kappa shape index (κ1) is 27.5. The Balaban J connectivity index is 1.77. The Hall–Kier alpha value is -3.07. The van der Waals surface area contributed by atoms with Crippen LogP contribution in [-0.4, -0.2) is 37.8 Å². The van der Waals surface area contributed by atoms with Gasteiger partial charge in [-0.05, 0) is 17.7 Å². The second-order valence-electron chi connectivity index (χ2n) is 7.93. The first-order chi connectivity index (χ1) is 17.2. The van der Waals surface area contributed by atoms with Crippen molar-refractivity contribution in [2.45, 2.75) is 24.0 Å². The number of nitrogens with one attached hydrogen (secondary N) is 1. The molecule has 0 heterocycles. The highest BCUT2D eigenvalue weighted by atomic mass is 35.5. The van der Waals surface area contributed by atoms with Crippen LogP contribution in [0.2, 0.25) is 5.02 Å². The van der Waals surface area contributed by atoms with Crippen molar-refractivity contribution < 1.29 is 24.3 Å². The summed E-state index contributed by atoms with van der Waals surface area (Å²) in [5.41, 5.74) is 1.58. The van der Waals surface area contributed by atoms with E-state index in [9.17, 15) is 24.3 Å². The third-order valence-electron chi connectivity index (χ3n) is 5.25. The number of carboxylic acids is 1. The molecule has 0 saturated heterocycles. The largest absolute Gasteiger partial charge is 0.480 e. The maximum absolute atomic E-state index is 13.1. The minimum atomic E-state index is -1.19. The summed E-state index contributed by atoms with van der Waals surface area (Å²) in [5, 5.41) is 12.2. The lowest BCUT2D eigenvalue weighted by Crippen LogP contribution is -2.46. The van der Waals surface area contributed by atoms with E-state index < -0.39 is 28.4 Å². The molecule has 2 N–H and O–H groups in total. The summed E-state index contributed by atoms with van der Waals surface area (Å²) in [5.74, 6) is -2.61. The summed E-state index contributed by atoms with van der Waals surface area (Å²) >= 11 is 7.65. The third kappa shape index (κ3) is 7.98. The van der Waals surface area contributed by atoms with Gasteiger partial charge in [0.25, 0.3) is 0 Å². The Kier molecular flexibility index (Phi) is 10.2.